The SMILES string of the molecule is CC[C@H](NC(=O)c1cc(S(=O)(=O)N2CCOCC2)ccc1F)C12CC3CC(CC(C3)C1)C2. The summed E-state index contributed by atoms with van der Waals surface area (Å²) in [5, 5.41) is 3.13. The third-order valence-corrected chi connectivity index (χ3v) is 10.2. The largest absolute Gasteiger partial charge is 0.379 e. The molecule has 1 amide bonds. The predicted octanol–water partition coefficient (Wildman–Crippen LogP) is 3.57. The van der Waals surface area contributed by atoms with E-state index in [2.05, 4.69) is 12.2 Å². The Morgan fingerprint density at radius 3 is 2.31 bits per heavy atom. The molecule has 1 saturated heterocycles. The molecule has 5 aliphatic rings. The summed E-state index contributed by atoms with van der Waals surface area (Å²) in [6.45, 7) is 3.25. The molecule has 176 valence electrons. The molecule has 1 atom stereocenters. The van der Waals surface area contributed by atoms with Crippen LogP contribution in [0.4, 0.5) is 4.39 Å². The summed E-state index contributed by atoms with van der Waals surface area (Å²) in [5.74, 6) is 1.07. The standard InChI is InChI=1S/C24H33FN2O4S/c1-2-22(24-13-16-9-17(14-24)11-18(10-16)15-24)26-23(28)20-12-19(3-4-21(20)25)32(29,30)27-5-7-31-8-6-27/h3-4,12,16-18,22H,2,5-11,13-15H2,1H3,(H,26,28)/t16?,17?,18?,22-,24?/m0/s1. The Hall–Kier alpha value is -1.51. The van der Waals surface area contributed by atoms with E-state index in [1.165, 1.54) is 35.7 Å². The van der Waals surface area contributed by atoms with E-state index in [-0.39, 0.29) is 35.0 Å². The lowest BCUT2D eigenvalue weighted by Gasteiger charge is -2.59. The van der Waals surface area contributed by atoms with Gasteiger partial charge >= 0.3 is 0 Å². The Labute approximate surface area is 189 Å². The van der Waals surface area contributed by atoms with E-state index in [1.54, 1.807) is 0 Å². The highest BCUT2D eigenvalue weighted by Gasteiger charge is 2.54. The summed E-state index contributed by atoms with van der Waals surface area (Å²) in [7, 11) is -3.80. The molecule has 1 aromatic rings. The zero-order valence-electron chi connectivity index (χ0n) is 18.7. The lowest BCUT2D eigenvalue weighted by molar-refractivity contribution is -0.0727. The van der Waals surface area contributed by atoms with Crippen LogP contribution in [0.25, 0.3) is 0 Å². The van der Waals surface area contributed by atoms with Gasteiger partial charge in [0.15, 0.2) is 0 Å². The maximum absolute atomic E-state index is 14.7. The summed E-state index contributed by atoms with van der Waals surface area (Å²) in [5.41, 5.74) is -0.0878. The van der Waals surface area contributed by atoms with Crippen LogP contribution in [0.2, 0.25) is 0 Å². The van der Waals surface area contributed by atoms with Crippen LogP contribution in [0.15, 0.2) is 23.1 Å². The van der Waals surface area contributed by atoms with Gasteiger partial charge in [-0.25, -0.2) is 12.8 Å². The molecule has 0 spiro atoms. The molecule has 0 unspecified atom stereocenters. The van der Waals surface area contributed by atoms with Gasteiger partial charge in [-0.05, 0) is 86.3 Å². The first-order valence-electron chi connectivity index (χ1n) is 12.0. The molecule has 1 aliphatic heterocycles. The normalized spacial score (nSPS) is 33.2. The molecule has 8 heteroatoms. The van der Waals surface area contributed by atoms with Crippen LogP contribution in [0.1, 0.15) is 62.2 Å². The highest BCUT2D eigenvalue weighted by molar-refractivity contribution is 7.89. The number of carbonyl (C=O) groups is 1. The van der Waals surface area contributed by atoms with E-state index in [0.717, 1.165) is 49.5 Å². The Balaban J connectivity index is 1.38. The van der Waals surface area contributed by atoms with Gasteiger partial charge in [0.05, 0.1) is 23.7 Å². The molecule has 6 rings (SSSR count). The minimum atomic E-state index is -3.80. The van der Waals surface area contributed by atoms with Crippen LogP contribution in [0.5, 0.6) is 0 Å². The number of nitrogens with zero attached hydrogens (tertiary/aromatic N) is 1. The second kappa shape index (κ2) is 8.37. The first-order valence-corrected chi connectivity index (χ1v) is 13.4. The van der Waals surface area contributed by atoms with Gasteiger partial charge in [0, 0.05) is 19.1 Å². The van der Waals surface area contributed by atoms with Crippen molar-refractivity contribution < 1.29 is 22.3 Å². The van der Waals surface area contributed by atoms with Crippen molar-refractivity contribution in [1.82, 2.24) is 9.62 Å². The molecule has 5 fully saturated rings. The number of amides is 1. The van der Waals surface area contributed by atoms with Crippen molar-refractivity contribution >= 4 is 15.9 Å². The average molecular weight is 465 g/mol. The molecule has 6 nitrogen and oxygen atoms in total. The van der Waals surface area contributed by atoms with Crippen LogP contribution < -0.4 is 5.32 Å². The van der Waals surface area contributed by atoms with Crippen LogP contribution in [-0.4, -0.2) is 51.0 Å². The molecule has 1 N–H and O–H groups in total. The third kappa shape index (κ3) is 3.88. The number of halogens is 1. The molecule has 4 saturated carbocycles. The topological polar surface area (TPSA) is 75.7 Å². The van der Waals surface area contributed by atoms with Gasteiger partial charge in [0.25, 0.3) is 5.91 Å². The third-order valence-electron chi connectivity index (χ3n) is 8.33. The Bertz CT molecular complexity index is 954. The Morgan fingerprint density at radius 1 is 1.16 bits per heavy atom. The molecule has 1 aromatic carbocycles. The summed E-state index contributed by atoms with van der Waals surface area (Å²) in [6, 6.07) is 3.52. The number of benzene rings is 1. The van der Waals surface area contributed by atoms with Crippen molar-refractivity contribution in [3.63, 3.8) is 0 Å². The van der Waals surface area contributed by atoms with Crippen molar-refractivity contribution in [2.75, 3.05) is 26.3 Å². The lowest BCUT2D eigenvalue weighted by Crippen LogP contribution is -2.56. The van der Waals surface area contributed by atoms with Crippen molar-refractivity contribution in [3.8, 4) is 0 Å². The van der Waals surface area contributed by atoms with E-state index in [0.29, 0.717) is 13.2 Å². The van der Waals surface area contributed by atoms with E-state index in [1.807, 2.05) is 0 Å². The second-order valence-corrected chi connectivity index (χ2v) is 12.3. The molecule has 32 heavy (non-hydrogen) atoms. The second-order valence-electron chi connectivity index (χ2n) is 10.4. The lowest BCUT2D eigenvalue weighted by atomic mass is 9.47. The first kappa shape index (κ1) is 22.3. The van der Waals surface area contributed by atoms with Crippen LogP contribution in [0.3, 0.4) is 0 Å². The maximum Gasteiger partial charge on any atom is 0.254 e. The van der Waals surface area contributed by atoms with Crippen LogP contribution in [0, 0.1) is 29.0 Å². The fourth-order valence-electron chi connectivity index (χ4n) is 7.30. The van der Waals surface area contributed by atoms with Crippen LogP contribution >= 0.6 is 0 Å². The zero-order valence-corrected chi connectivity index (χ0v) is 19.5. The van der Waals surface area contributed by atoms with Crippen LogP contribution in [-0.2, 0) is 14.8 Å². The summed E-state index contributed by atoms with van der Waals surface area (Å²) >= 11 is 0. The maximum atomic E-state index is 14.7. The molecular formula is C24H33FN2O4S. The summed E-state index contributed by atoms with van der Waals surface area (Å²) in [4.78, 5) is 13.2. The number of hydrogen-bond donors (Lipinski definition) is 1. The predicted molar refractivity (Wildman–Crippen MR) is 118 cm³/mol. The number of sulfonamides is 1. The van der Waals surface area contributed by atoms with E-state index in [9.17, 15) is 17.6 Å². The molecule has 4 aliphatic carbocycles. The number of carbonyl (C=O) groups excluding carboxylic acids is 1. The average Bonchev–Trinajstić information content (AvgIpc) is 2.77. The van der Waals surface area contributed by atoms with Gasteiger partial charge in [-0.2, -0.15) is 4.31 Å². The molecule has 1 heterocycles. The number of nitrogens with one attached hydrogen (secondary N) is 1. The minimum Gasteiger partial charge on any atom is -0.379 e. The molecule has 0 aromatic heterocycles. The van der Waals surface area contributed by atoms with E-state index >= 15 is 0 Å². The molecule has 4 bridgehead atoms. The Kier molecular flexibility index (Phi) is 5.83. The van der Waals surface area contributed by atoms with Crippen molar-refractivity contribution in [2.45, 2.75) is 62.8 Å². The van der Waals surface area contributed by atoms with Crippen molar-refractivity contribution in [2.24, 2.45) is 23.2 Å². The molecular weight excluding hydrogens is 431 g/mol. The van der Waals surface area contributed by atoms with Gasteiger partial charge in [0.2, 0.25) is 10.0 Å². The number of rotatable bonds is 6. The minimum absolute atomic E-state index is 0.0118. The Morgan fingerprint density at radius 2 is 1.75 bits per heavy atom. The van der Waals surface area contributed by atoms with Gasteiger partial charge in [-0.1, -0.05) is 6.92 Å². The van der Waals surface area contributed by atoms with Gasteiger partial charge in [-0.3, -0.25) is 4.79 Å². The monoisotopic (exact) mass is 464 g/mol. The number of ether oxygens (including phenoxy) is 1. The van der Waals surface area contributed by atoms with E-state index < -0.39 is 21.7 Å². The summed E-state index contributed by atoms with van der Waals surface area (Å²) in [6.07, 6.45) is 8.19. The summed E-state index contributed by atoms with van der Waals surface area (Å²) < 4.78 is 47.2. The van der Waals surface area contributed by atoms with Crippen molar-refractivity contribution in [1.29, 1.82) is 0 Å². The zero-order chi connectivity index (χ0) is 22.5. The smallest absolute Gasteiger partial charge is 0.254 e. The number of morpholine rings is 1. The number of hydrogen-bond acceptors (Lipinski definition) is 4. The van der Waals surface area contributed by atoms with E-state index in [4.69, 9.17) is 4.74 Å². The molecule has 0 radical (unpaired) electrons. The van der Waals surface area contributed by atoms with Gasteiger partial charge in [0.1, 0.15) is 5.82 Å². The van der Waals surface area contributed by atoms with Gasteiger partial charge < -0.3 is 10.1 Å². The first-order chi connectivity index (χ1) is 15.3. The fraction of sp³-hybridized carbons (Fsp3) is 0.708. The fourth-order valence-corrected chi connectivity index (χ4v) is 8.74. The highest BCUT2D eigenvalue weighted by atomic mass is 32.2. The quantitative estimate of drug-likeness (QED) is 0.698. The van der Waals surface area contributed by atoms with Crippen molar-refractivity contribution in [3.05, 3.63) is 29.6 Å². The van der Waals surface area contributed by atoms with Gasteiger partial charge in [-0.15, -0.1) is 0 Å². The highest BCUT2D eigenvalue weighted by Crippen LogP contribution is 2.61.